The molecule has 20 heavy (non-hydrogen) atoms. The zero-order valence-corrected chi connectivity index (χ0v) is 13.4. The van der Waals surface area contributed by atoms with Gasteiger partial charge in [0.15, 0.2) is 0 Å². The fourth-order valence-electron chi connectivity index (χ4n) is 2.43. The van der Waals surface area contributed by atoms with Gasteiger partial charge in [0.2, 0.25) is 0 Å². The Morgan fingerprint density at radius 3 is 3.05 bits per heavy atom. The first-order valence-electron chi connectivity index (χ1n) is 7.15. The van der Waals surface area contributed by atoms with Gasteiger partial charge in [0.05, 0.1) is 17.4 Å². The van der Waals surface area contributed by atoms with Gasteiger partial charge < -0.3 is 10.1 Å². The molecule has 2 rings (SSSR count). The molecule has 5 heteroatoms. The predicted molar refractivity (Wildman–Crippen MR) is 83.7 cm³/mol. The third kappa shape index (κ3) is 4.55. The van der Waals surface area contributed by atoms with Crippen molar-refractivity contribution in [3.05, 3.63) is 29.3 Å². The Labute approximate surface area is 128 Å². The van der Waals surface area contributed by atoms with Crippen LogP contribution >= 0.6 is 11.6 Å². The highest BCUT2D eigenvalue weighted by Gasteiger charge is 2.27. The molecule has 1 aromatic carbocycles. The van der Waals surface area contributed by atoms with Gasteiger partial charge in [0.25, 0.3) is 0 Å². The first-order valence-corrected chi connectivity index (χ1v) is 8.85. The lowest BCUT2D eigenvalue weighted by Gasteiger charge is -2.23. The van der Waals surface area contributed by atoms with E-state index in [2.05, 4.69) is 12.2 Å². The van der Waals surface area contributed by atoms with Crippen LogP contribution in [0.15, 0.2) is 29.2 Å². The first kappa shape index (κ1) is 16.0. The highest BCUT2D eigenvalue weighted by atomic mass is 35.5. The van der Waals surface area contributed by atoms with Crippen LogP contribution in [0.5, 0.6) is 0 Å². The van der Waals surface area contributed by atoms with Crippen LogP contribution in [0.2, 0.25) is 5.02 Å². The third-order valence-corrected chi connectivity index (χ3v) is 5.26. The number of hydrogen-bond acceptors (Lipinski definition) is 3. The molecule has 112 valence electrons. The molecule has 0 radical (unpaired) electrons. The van der Waals surface area contributed by atoms with Crippen LogP contribution in [0, 0.1) is 5.92 Å². The molecule has 3 atom stereocenters. The average molecular weight is 316 g/mol. The van der Waals surface area contributed by atoms with E-state index in [-0.39, 0.29) is 6.04 Å². The van der Waals surface area contributed by atoms with Crippen molar-refractivity contribution in [3.8, 4) is 0 Å². The second-order valence-corrected chi connectivity index (χ2v) is 7.09. The molecule has 3 unspecified atom stereocenters. The smallest absolute Gasteiger partial charge is 0.0545 e. The van der Waals surface area contributed by atoms with E-state index in [0.29, 0.717) is 16.7 Å². The molecule has 0 aromatic heterocycles. The SMILES string of the molecule is CCCNC(CS(=O)c1cccc(Cl)c1)C1CCOC1. The van der Waals surface area contributed by atoms with Gasteiger partial charge >= 0.3 is 0 Å². The maximum atomic E-state index is 12.5. The number of benzene rings is 1. The molecule has 0 bridgehead atoms. The molecule has 1 N–H and O–H groups in total. The van der Waals surface area contributed by atoms with Gasteiger partial charge in [-0.15, -0.1) is 0 Å². The van der Waals surface area contributed by atoms with Gasteiger partial charge in [-0.1, -0.05) is 24.6 Å². The third-order valence-electron chi connectivity index (χ3n) is 3.58. The van der Waals surface area contributed by atoms with Crippen molar-refractivity contribution < 1.29 is 8.95 Å². The van der Waals surface area contributed by atoms with E-state index in [9.17, 15) is 4.21 Å². The van der Waals surface area contributed by atoms with Gasteiger partial charge in [-0.2, -0.15) is 0 Å². The fourth-order valence-corrected chi connectivity index (χ4v) is 4.08. The highest BCUT2D eigenvalue weighted by Crippen LogP contribution is 2.20. The monoisotopic (exact) mass is 315 g/mol. The van der Waals surface area contributed by atoms with Crippen molar-refractivity contribution in [2.45, 2.75) is 30.7 Å². The molecule has 0 saturated carbocycles. The summed E-state index contributed by atoms with van der Waals surface area (Å²) >= 11 is 5.97. The quantitative estimate of drug-likeness (QED) is 0.841. The summed E-state index contributed by atoms with van der Waals surface area (Å²) in [4.78, 5) is 0.805. The lowest BCUT2D eigenvalue weighted by Crippen LogP contribution is -2.41. The van der Waals surface area contributed by atoms with E-state index in [1.54, 1.807) is 12.1 Å². The molecular formula is C15H22ClNO2S. The molecule has 1 heterocycles. The molecule has 3 nitrogen and oxygen atoms in total. The predicted octanol–water partition coefficient (Wildman–Crippen LogP) is 2.85. The normalized spacial score (nSPS) is 21.8. The zero-order chi connectivity index (χ0) is 14.4. The molecule has 0 amide bonds. The summed E-state index contributed by atoms with van der Waals surface area (Å²) < 4.78 is 18.0. The van der Waals surface area contributed by atoms with Gasteiger partial charge in [-0.05, 0) is 37.6 Å². The van der Waals surface area contributed by atoms with Crippen LogP contribution in [0.25, 0.3) is 0 Å². The van der Waals surface area contributed by atoms with Gasteiger partial charge in [0.1, 0.15) is 0 Å². The number of nitrogens with one attached hydrogen (secondary N) is 1. The topological polar surface area (TPSA) is 38.3 Å². The molecular weight excluding hydrogens is 294 g/mol. The van der Waals surface area contributed by atoms with Gasteiger partial charge in [0, 0.05) is 34.2 Å². The van der Waals surface area contributed by atoms with Gasteiger partial charge in [-0.3, -0.25) is 4.21 Å². The van der Waals surface area contributed by atoms with E-state index in [1.807, 2.05) is 12.1 Å². The molecule has 0 aliphatic carbocycles. The average Bonchev–Trinajstić information content (AvgIpc) is 2.97. The molecule has 1 saturated heterocycles. The van der Waals surface area contributed by atoms with E-state index in [1.165, 1.54) is 0 Å². The number of hydrogen-bond donors (Lipinski definition) is 1. The maximum absolute atomic E-state index is 12.5. The fraction of sp³-hybridized carbons (Fsp3) is 0.600. The number of ether oxygens (including phenoxy) is 1. The van der Waals surface area contributed by atoms with Crippen LogP contribution in [0.4, 0.5) is 0 Å². The summed E-state index contributed by atoms with van der Waals surface area (Å²) in [6.45, 7) is 4.68. The highest BCUT2D eigenvalue weighted by molar-refractivity contribution is 7.85. The molecule has 1 aliphatic rings. The van der Waals surface area contributed by atoms with Crippen molar-refractivity contribution in [3.63, 3.8) is 0 Å². The number of rotatable bonds is 7. The Morgan fingerprint density at radius 2 is 2.40 bits per heavy atom. The van der Waals surface area contributed by atoms with Crippen LogP contribution in [-0.2, 0) is 15.5 Å². The Bertz CT molecular complexity index is 449. The lowest BCUT2D eigenvalue weighted by atomic mass is 10.0. The van der Waals surface area contributed by atoms with E-state index in [0.717, 1.165) is 37.5 Å². The summed E-state index contributed by atoms with van der Waals surface area (Å²) in [6.07, 6.45) is 2.13. The van der Waals surface area contributed by atoms with Crippen LogP contribution in [0.1, 0.15) is 19.8 Å². The first-order chi connectivity index (χ1) is 9.70. The minimum absolute atomic E-state index is 0.247. The summed E-state index contributed by atoms with van der Waals surface area (Å²) in [5, 5.41) is 4.16. The Kier molecular flexibility index (Phi) is 6.49. The van der Waals surface area contributed by atoms with E-state index >= 15 is 0 Å². The van der Waals surface area contributed by atoms with Crippen molar-refractivity contribution in [2.75, 3.05) is 25.5 Å². The minimum atomic E-state index is -1.03. The van der Waals surface area contributed by atoms with E-state index < -0.39 is 10.8 Å². The van der Waals surface area contributed by atoms with Crippen molar-refractivity contribution in [2.24, 2.45) is 5.92 Å². The van der Waals surface area contributed by atoms with Crippen LogP contribution in [0.3, 0.4) is 0 Å². The van der Waals surface area contributed by atoms with Gasteiger partial charge in [-0.25, -0.2) is 0 Å². The summed E-state index contributed by atoms with van der Waals surface area (Å²) in [7, 11) is -1.03. The van der Waals surface area contributed by atoms with Crippen LogP contribution in [-0.4, -0.2) is 35.8 Å². The Morgan fingerprint density at radius 1 is 1.55 bits per heavy atom. The van der Waals surface area contributed by atoms with Crippen molar-refractivity contribution >= 4 is 22.4 Å². The Hall–Kier alpha value is -0.420. The Balaban J connectivity index is 2.00. The standard InChI is InChI=1S/C15H22ClNO2S/c1-2-7-17-15(12-6-8-19-10-12)11-20(18)14-5-3-4-13(16)9-14/h3-5,9,12,15,17H,2,6-8,10-11H2,1H3. The lowest BCUT2D eigenvalue weighted by molar-refractivity contribution is 0.179. The summed E-state index contributed by atoms with van der Waals surface area (Å²) in [6, 6.07) is 7.57. The van der Waals surface area contributed by atoms with Crippen LogP contribution < -0.4 is 5.32 Å². The summed E-state index contributed by atoms with van der Waals surface area (Å²) in [5.74, 6) is 1.08. The largest absolute Gasteiger partial charge is 0.381 e. The van der Waals surface area contributed by atoms with Crippen molar-refractivity contribution in [1.82, 2.24) is 5.32 Å². The second-order valence-electron chi connectivity index (χ2n) is 5.15. The maximum Gasteiger partial charge on any atom is 0.0545 e. The summed E-state index contributed by atoms with van der Waals surface area (Å²) in [5.41, 5.74) is 0. The molecule has 1 aliphatic heterocycles. The van der Waals surface area contributed by atoms with E-state index in [4.69, 9.17) is 16.3 Å². The molecule has 1 aromatic rings. The zero-order valence-electron chi connectivity index (χ0n) is 11.8. The van der Waals surface area contributed by atoms with Crippen molar-refractivity contribution in [1.29, 1.82) is 0 Å². The minimum Gasteiger partial charge on any atom is -0.381 e. The molecule has 0 spiro atoms. The number of halogens is 1. The second kappa shape index (κ2) is 8.13. The molecule has 1 fully saturated rings.